The minimum absolute atomic E-state index is 0.00178. The standard InChI is InChI=1S/C15H22N4OS/c1-5-6-11-13(16)14(18-17-11)15(20)19(4)10(3)12-8-7-9(2)21-12/h7-8,10H,5-6,16H2,1-4H3,(H,17,18). The molecule has 1 atom stereocenters. The molecule has 2 heterocycles. The van der Waals surface area contributed by atoms with Gasteiger partial charge in [-0.25, -0.2) is 0 Å². The minimum atomic E-state index is -0.148. The molecule has 5 nitrogen and oxygen atoms in total. The van der Waals surface area contributed by atoms with Crippen LogP contribution >= 0.6 is 11.3 Å². The van der Waals surface area contributed by atoms with E-state index >= 15 is 0 Å². The zero-order valence-electron chi connectivity index (χ0n) is 12.9. The van der Waals surface area contributed by atoms with Crippen LogP contribution < -0.4 is 5.73 Å². The number of nitrogens with zero attached hydrogens (tertiary/aromatic N) is 2. The molecule has 0 aliphatic rings. The van der Waals surface area contributed by atoms with Gasteiger partial charge in [0.15, 0.2) is 5.69 Å². The lowest BCUT2D eigenvalue weighted by Crippen LogP contribution is -2.30. The Morgan fingerprint density at radius 1 is 1.52 bits per heavy atom. The second-order valence-corrected chi connectivity index (χ2v) is 6.57. The molecular formula is C15H22N4OS. The van der Waals surface area contributed by atoms with Gasteiger partial charge in [0.25, 0.3) is 5.91 Å². The van der Waals surface area contributed by atoms with E-state index in [4.69, 9.17) is 5.73 Å². The smallest absolute Gasteiger partial charge is 0.276 e. The van der Waals surface area contributed by atoms with Gasteiger partial charge in [-0.2, -0.15) is 5.10 Å². The number of rotatable bonds is 5. The van der Waals surface area contributed by atoms with Crippen LogP contribution in [0.25, 0.3) is 0 Å². The van der Waals surface area contributed by atoms with E-state index in [9.17, 15) is 4.79 Å². The highest BCUT2D eigenvalue weighted by molar-refractivity contribution is 7.12. The molecule has 0 aromatic carbocycles. The number of anilines is 1. The highest BCUT2D eigenvalue weighted by Gasteiger charge is 2.24. The Labute approximate surface area is 129 Å². The number of nitrogen functional groups attached to an aromatic ring is 1. The van der Waals surface area contributed by atoms with E-state index in [1.165, 1.54) is 4.88 Å². The average Bonchev–Trinajstić information content (AvgIpc) is 3.04. The maximum Gasteiger partial charge on any atom is 0.276 e. The molecule has 0 radical (unpaired) electrons. The van der Waals surface area contributed by atoms with E-state index in [0.717, 1.165) is 23.4 Å². The summed E-state index contributed by atoms with van der Waals surface area (Å²) in [6.45, 7) is 6.14. The number of aryl methyl sites for hydroxylation is 2. The van der Waals surface area contributed by atoms with E-state index in [-0.39, 0.29) is 11.9 Å². The normalized spacial score (nSPS) is 12.4. The van der Waals surface area contributed by atoms with Gasteiger partial charge in [-0.15, -0.1) is 11.3 Å². The number of nitrogens with two attached hydrogens (primary N) is 1. The number of nitrogens with one attached hydrogen (secondary N) is 1. The predicted molar refractivity (Wildman–Crippen MR) is 86.6 cm³/mol. The highest BCUT2D eigenvalue weighted by atomic mass is 32.1. The molecule has 21 heavy (non-hydrogen) atoms. The van der Waals surface area contributed by atoms with E-state index in [0.29, 0.717) is 11.4 Å². The van der Waals surface area contributed by atoms with Gasteiger partial charge in [0.1, 0.15) is 0 Å². The first-order valence-electron chi connectivity index (χ1n) is 7.11. The summed E-state index contributed by atoms with van der Waals surface area (Å²) in [6.07, 6.45) is 1.76. The average molecular weight is 306 g/mol. The fourth-order valence-electron chi connectivity index (χ4n) is 2.20. The first-order valence-corrected chi connectivity index (χ1v) is 7.93. The van der Waals surface area contributed by atoms with Crippen LogP contribution in [0.15, 0.2) is 12.1 Å². The number of carbonyl (C=O) groups is 1. The lowest BCUT2D eigenvalue weighted by molar-refractivity contribution is 0.0740. The van der Waals surface area contributed by atoms with Crippen LogP contribution in [-0.2, 0) is 6.42 Å². The molecule has 2 aromatic heterocycles. The van der Waals surface area contributed by atoms with Crippen LogP contribution in [0.2, 0.25) is 0 Å². The number of thiophene rings is 1. The first-order chi connectivity index (χ1) is 9.95. The molecule has 0 aliphatic heterocycles. The molecule has 114 valence electrons. The molecule has 0 fully saturated rings. The molecule has 2 rings (SSSR count). The Kier molecular flexibility index (Phi) is 4.67. The molecular weight excluding hydrogens is 284 g/mol. The van der Waals surface area contributed by atoms with Crippen LogP contribution in [0, 0.1) is 6.92 Å². The first kappa shape index (κ1) is 15.6. The van der Waals surface area contributed by atoms with Gasteiger partial charge < -0.3 is 10.6 Å². The van der Waals surface area contributed by atoms with Gasteiger partial charge in [-0.1, -0.05) is 13.3 Å². The van der Waals surface area contributed by atoms with Crippen molar-refractivity contribution in [3.8, 4) is 0 Å². The fraction of sp³-hybridized carbons (Fsp3) is 0.467. The third-order valence-electron chi connectivity index (χ3n) is 3.66. The van der Waals surface area contributed by atoms with Gasteiger partial charge in [0.2, 0.25) is 0 Å². The predicted octanol–water partition coefficient (Wildman–Crippen LogP) is 3.15. The maximum absolute atomic E-state index is 12.6. The highest BCUT2D eigenvalue weighted by Crippen LogP contribution is 2.28. The van der Waals surface area contributed by atoms with Gasteiger partial charge in [-0.05, 0) is 32.4 Å². The molecule has 0 spiro atoms. The Balaban J connectivity index is 2.19. The number of hydrogen-bond acceptors (Lipinski definition) is 4. The Morgan fingerprint density at radius 2 is 2.24 bits per heavy atom. The van der Waals surface area contributed by atoms with Gasteiger partial charge in [0.05, 0.1) is 17.4 Å². The molecule has 3 N–H and O–H groups in total. The second-order valence-electron chi connectivity index (χ2n) is 5.25. The lowest BCUT2D eigenvalue weighted by atomic mass is 10.2. The van der Waals surface area contributed by atoms with Crippen LogP contribution in [0.3, 0.4) is 0 Å². The Morgan fingerprint density at radius 3 is 2.81 bits per heavy atom. The lowest BCUT2D eigenvalue weighted by Gasteiger charge is -2.23. The monoisotopic (exact) mass is 306 g/mol. The zero-order chi connectivity index (χ0) is 15.6. The van der Waals surface area contributed by atoms with Crippen molar-refractivity contribution < 1.29 is 4.79 Å². The molecule has 1 unspecified atom stereocenters. The molecule has 0 saturated carbocycles. The molecule has 0 aliphatic carbocycles. The van der Waals surface area contributed by atoms with E-state index in [1.54, 1.807) is 23.3 Å². The van der Waals surface area contributed by atoms with Crippen molar-refractivity contribution in [3.05, 3.63) is 33.3 Å². The summed E-state index contributed by atoms with van der Waals surface area (Å²) in [4.78, 5) is 16.7. The summed E-state index contributed by atoms with van der Waals surface area (Å²) >= 11 is 1.70. The van der Waals surface area contributed by atoms with E-state index in [1.807, 2.05) is 6.92 Å². The third-order valence-corrected chi connectivity index (χ3v) is 4.83. The molecule has 6 heteroatoms. The summed E-state index contributed by atoms with van der Waals surface area (Å²) < 4.78 is 0. The van der Waals surface area contributed by atoms with Crippen LogP contribution in [0.1, 0.15) is 52.2 Å². The summed E-state index contributed by atoms with van der Waals surface area (Å²) in [6, 6.07) is 4.13. The quantitative estimate of drug-likeness (QED) is 0.891. The van der Waals surface area contributed by atoms with Gasteiger partial charge >= 0.3 is 0 Å². The molecule has 2 aromatic rings. The second kappa shape index (κ2) is 6.30. The van der Waals surface area contributed by atoms with Crippen molar-refractivity contribution >= 4 is 22.9 Å². The minimum Gasteiger partial charge on any atom is -0.395 e. The number of hydrogen-bond donors (Lipinski definition) is 2. The summed E-state index contributed by atoms with van der Waals surface area (Å²) in [5, 5.41) is 6.97. The Hall–Kier alpha value is -1.82. The Bertz CT molecular complexity index is 631. The number of aromatic amines is 1. The fourth-order valence-corrected chi connectivity index (χ4v) is 3.17. The number of aromatic nitrogens is 2. The van der Waals surface area contributed by atoms with Crippen molar-refractivity contribution in [1.29, 1.82) is 0 Å². The van der Waals surface area contributed by atoms with Crippen molar-refractivity contribution in [3.63, 3.8) is 0 Å². The summed E-state index contributed by atoms with van der Waals surface area (Å²) in [7, 11) is 1.79. The number of H-pyrrole nitrogens is 1. The van der Waals surface area contributed by atoms with Crippen molar-refractivity contribution in [2.75, 3.05) is 12.8 Å². The number of carbonyl (C=O) groups excluding carboxylic acids is 1. The zero-order valence-corrected chi connectivity index (χ0v) is 13.8. The summed E-state index contributed by atoms with van der Waals surface area (Å²) in [5.41, 5.74) is 7.67. The summed E-state index contributed by atoms with van der Waals surface area (Å²) in [5.74, 6) is -0.148. The van der Waals surface area contributed by atoms with E-state index in [2.05, 4.69) is 36.2 Å². The van der Waals surface area contributed by atoms with Gasteiger partial charge in [0, 0.05) is 16.8 Å². The topological polar surface area (TPSA) is 75.0 Å². The molecule has 0 bridgehead atoms. The molecule has 0 saturated heterocycles. The van der Waals surface area contributed by atoms with Crippen LogP contribution in [0.5, 0.6) is 0 Å². The van der Waals surface area contributed by atoms with Crippen molar-refractivity contribution in [2.24, 2.45) is 0 Å². The molecule has 1 amide bonds. The number of amides is 1. The van der Waals surface area contributed by atoms with Crippen LogP contribution in [-0.4, -0.2) is 28.1 Å². The van der Waals surface area contributed by atoms with Crippen molar-refractivity contribution in [1.82, 2.24) is 15.1 Å². The van der Waals surface area contributed by atoms with E-state index < -0.39 is 0 Å². The van der Waals surface area contributed by atoms with Crippen LogP contribution in [0.4, 0.5) is 5.69 Å². The maximum atomic E-state index is 12.6. The van der Waals surface area contributed by atoms with Gasteiger partial charge in [-0.3, -0.25) is 9.89 Å². The largest absolute Gasteiger partial charge is 0.395 e. The third kappa shape index (κ3) is 3.10. The SMILES string of the molecule is CCCc1[nH]nc(C(=O)N(C)C(C)c2ccc(C)s2)c1N. The van der Waals surface area contributed by atoms with Crippen molar-refractivity contribution in [2.45, 2.75) is 39.7 Å².